The number of amides is 1. The molecule has 148 valence electrons. The average Bonchev–Trinajstić information content (AvgIpc) is 3.30. The molecule has 7 nitrogen and oxygen atoms in total. The molecule has 0 atom stereocenters. The highest BCUT2D eigenvalue weighted by Gasteiger charge is 2.07. The Kier molecular flexibility index (Phi) is 6.85. The lowest BCUT2D eigenvalue weighted by atomic mass is 10.2. The summed E-state index contributed by atoms with van der Waals surface area (Å²) < 4.78 is 12.8. The maximum Gasteiger partial charge on any atom is 0.220 e. The standard InChI is InChI=1S/C22H22N4O3/c1-28-21-13-18(14-23)6-9-20(21)29-12-2-3-22(27)25-15-17-4-7-19(8-5-17)26-11-10-24-16-26/h4-11,13,16H,2-3,12,15H2,1H3,(H,25,27). The van der Waals surface area contributed by atoms with Crippen LogP contribution in [0.25, 0.3) is 5.69 Å². The van der Waals surface area contributed by atoms with Gasteiger partial charge in [0.1, 0.15) is 0 Å². The zero-order chi connectivity index (χ0) is 20.5. The Morgan fingerprint density at radius 3 is 2.72 bits per heavy atom. The number of nitriles is 1. The van der Waals surface area contributed by atoms with Crippen molar-refractivity contribution in [1.29, 1.82) is 5.26 Å². The summed E-state index contributed by atoms with van der Waals surface area (Å²) in [6, 6.07) is 15.0. The monoisotopic (exact) mass is 390 g/mol. The number of hydrogen-bond donors (Lipinski definition) is 1. The van der Waals surface area contributed by atoms with E-state index in [-0.39, 0.29) is 5.91 Å². The quantitative estimate of drug-likeness (QED) is 0.567. The minimum Gasteiger partial charge on any atom is -0.493 e. The molecular formula is C22H22N4O3. The molecule has 0 unspecified atom stereocenters. The van der Waals surface area contributed by atoms with Crippen LogP contribution in [0.3, 0.4) is 0 Å². The Hall–Kier alpha value is -3.79. The van der Waals surface area contributed by atoms with E-state index in [0.717, 1.165) is 11.3 Å². The first-order valence-corrected chi connectivity index (χ1v) is 9.24. The van der Waals surface area contributed by atoms with Crippen molar-refractivity contribution in [3.63, 3.8) is 0 Å². The summed E-state index contributed by atoms with van der Waals surface area (Å²) in [6.07, 6.45) is 6.30. The van der Waals surface area contributed by atoms with Crippen molar-refractivity contribution in [1.82, 2.24) is 14.9 Å². The predicted octanol–water partition coefficient (Wildman–Crippen LogP) is 3.23. The third-order valence-corrected chi connectivity index (χ3v) is 4.33. The summed E-state index contributed by atoms with van der Waals surface area (Å²) in [5.41, 5.74) is 2.56. The zero-order valence-corrected chi connectivity index (χ0v) is 16.2. The van der Waals surface area contributed by atoms with Crippen LogP contribution in [0.15, 0.2) is 61.2 Å². The van der Waals surface area contributed by atoms with Crippen molar-refractivity contribution in [3.8, 4) is 23.3 Å². The van der Waals surface area contributed by atoms with Gasteiger partial charge < -0.3 is 19.4 Å². The van der Waals surface area contributed by atoms with Gasteiger partial charge in [-0.1, -0.05) is 12.1 Å². The minimum atomic E-state index is -0.0286. The van der Waals surface area contributed by atoms with E-state index < -0.39 is 0 Å². The van der Waals surface area contributed by atoms with Gasteiger partial charge in [0.2, 0.25) is 5.91 Å². The molecule has 3 rings (SSSR count). The lowest BCUT2D eigenvalue weighted by Crippen LogP contribution is -2.23. The second-order valence-electron chi connectivity index (χ2n) is 6.34. The number of benzene rings is 2. The van der Waals surface area contributed by atoms with Crippen LogP contribution in [-0.2, 0) is 11.3 Å². The fourth-order valence-corrected chi connectivity index (χ4v) is 2.76. The number of carbonyl (C=O) groups excluding carboxylic acids is 1. The molecular weight excluding hydrogens is 368 g/mol. The van der Waals surface area contributed by atoms with E-state index in [0.29, 0.717) is 43.1 Å². The molecule has 0 bridgehead atoms. The van der Waals surface area contributed by atoms with Gasteiger partial charge in [0.05, 0.1) is 31.7 Å². The van der Waals surface area contributed by atoms with E-state index in [1.807, 2.05) is 35.0 Å². The topological polar surface area (TPSA) is 89.2 Å². The van der Waals surface area contributed by atoms with Crippen molar-refractivity contribution in [2.75, 3.05) is 13.7 Å². The van der Waals surface area contributed by atoms with Gasteiger partial charge in [-0.2, -0.15) is 5.26 Å². The molecule has 3 aromatic rings. The number of rotatable bonds is 9. The molecule has 0 aliphatic carbocycles. The molecule has 0 fully saturated rings. The second-order valence-corrected chi connectivity index (χ2v) is 6.34. The van der Waals surface area contributed by atoms with Gasteiger partial charge in [-0.3, -0.25) is 4.79 Å². The molecule has 0 aliphatic rings. The lowest BCUT2D eigenvalue weighted by Gasteiger charge is -2.11. The van der Waals surface area contributed by atoms with Gasteiger partial charge in [0.25, 0.3) is 0 Å². The molecule has 0 spiro atoms. The normalized spacial score (nSPS) is 10.2. The Balaban J connectivity index is 1.39. The van der Waals surface area contributed by atoms with Crippen molar-refractivity contribution >= 4 is 5.91 Å². The van der Waals surface area contributed by atoms with Crippen LogP contribution in [0.4, 0.5) is 0 Å². The molecule has 0 aliphatic heterocycles. The maximum atomic E-state index is 12.0. The van der Waals surface area contributed by atoms with Crippen molar-refractivity contribution in [3.05, 3.63) is 72.3 Å². The van der Waals surface area contributed by atoms with Crippen LogP contribution in [0, 0.1) is 11.3 Å². The zero-order valence-electron chi connectivity index (χ0n) is 16.2. The number of imidazole rings is 1. The number of ether oxygens (including phenoxy) is 2. The number of hydrogen-bond acceptors (Lipinski definition) is 5. The highest BCUT2D eigenvalue weighted by molar-refractivity contribution is 5.75. The van der Waals surface area contributed by atoms with Gasteiger partial charge in [-0.25, -0.2) is 4.98 Å². The first-order chi connectivity index (χ1) is 14.2. The van der Waals surface area contributed by atoms with Crippen LogP contribution >= 0.6 is 0 Å². The molecule has 7 heteroatoms. The SMILES string of the molecule is COc1cc(C#N)ccc1OCCCC(=O)NCc1ccc(-n2ccnc2)cc1. The number of methoxy groups -OCH3 is 1. The smallest absolute Gasteiger partial charge is 0.220 e. The van der Waals surface area contributed by atoms with E-state index in [9.17, 15) is 4.79 Å². The van der Waals surface area contributed by atoms with E-state index in [4.69, 9.17) is 14.7 Å². The summed E-state index contributed by atoms with van der Waals surface area (Å²) in [6.45, 7) is 0.864. The van der Waals surface area contributed by atoms with Gasteiger partial charge >= 0.3 is 0 Å². The highest BCUT2D eigenvalue weighted by atomic mass is 16.5. The summed E-state index contributed by atoms with van der Waals surface area (Å²) in [5.74, 6) is 1.04. The van der Waals surface area contributed by atoms with Crippen LogP contribution in [0.5, 0.6) is 11.5 Å². The van der Waals surface area contributed by atoms with Crippen LogP contribution in [0.2, 0.25) is 0 Å². The summed E-state index contributed by atoms with van der Waals surface area (Å²) in [5, 5.41) is 11.8. The number of nitrogens with zero attached hydrogens (tertiary/aromatic N) is 3. The van der Waals surface area contributed by atoms with Crippen LogP contribution in [0.1, 0.15) is 24.0 Å². The first kappa shape index (κ1) is 20.0. The third kappa shape index (κ3) is 5.59. The van der Waals surface area contributed by atoms with Crippen molar-refractivity contribution < 1.29 is 14.3 Å². The number of carbonyl (C=O) groups is 1. The summed E-state index contributed by atoms with van der Waals surface area (Å²) >= 11 is 0. The van der Waals surface area contributed by atoms with Crippen LogP contribution in [-0.4, -0.2) is 29.2 Å². The molecule has 0 saturated heterocycles. The Morgan fingerprint density at radius 2 is 2.03 bits per heavy atom. The molecule has 1 heterocycles. The van der Waals surface area contributed by atoms with Gasteiger partial charge in [-0.05, 0) is 36.2 Å². The fraction of sp³-hybridized carbons (Fsp3) is 0.227. The molecule has 29 heavy (non-hydrogen) atoms. The molecule has 1 N–H and O–H groups in total. The second kappa shape index (κ2) is 9.95. The maximum absolute atomic E-state index is 12.0. The van der Waals surface area contributed by atoms with Crippen molar-refractivity contribution in [2.24, 2.45) is 0 Å². The molecule has 1 aromatic heterocycles. The van der Waals surface area contributed by atoms with Crippen molar-refractivity contribution in [2.45, 2.75) is 19.4 Å². The van der Waals surface area contributed by atoms with E-state index in [1.54, 1.807) is 30.7 Å². The van der Waals surface area contributed by atoms with E-state index in [2.05, 4.69) is 16.4 Å². The summed E-state index contributed by atoms with van der Waals surface area (Å²) in [7, 11) is 1.53. The van der Waals surface area contributed by atoms with Gasteiger partial charge in [0, 0.05) is 37.1 Å². The van der Waals surface area contributed by atoms with Gasteiger partial charge in [-0.15, -0.1) is 0 Å². The molecule has 0 saturated carbocycles. The van der Waals surface area contributed by atoms with Crippen LogP contribution < -0.4 is 14.8 Å². The Labute approximate surface area is 169 Å². The minimum absolute atomic E-state index is 0.0286. The number of nitrogens with one attached hydrogen (secondary N) is 1. The highest BCUT2D eigenvalue weighted by Crippen LogP contribution is 2.27. The van der Waals surface area contributed by atoms with E-state index >= 15 is 0 Å². The third-order valence-electron chi connectivity index (χ3n) is 4.33. The largest absolute Gasteiger partial charge is 0.493 e. The summed E-state index contributed by atoms with van der Waals surface area (Å²) in [4.78, 5) is 16.1. The fourth-order valence-electron chi connectivity index (χ4n) is 2.76. The predicted molar refractivity (Wildman–Crippen MR) is 108 cm³/mol. The molecule has 0 radical (unpaired) electrons. The first-order valence-electron chi connectivity index (χ1n) is 9.24. The van der Waals surface area contributed by atoms with Gasteiger partial charge in [0.15, 0.2) is 11.5 Å². The Morgan fingerprint density at radius 1 is 1.21 bits per heavy atom. The Bertz CT molecular complexity index is 976. The van der Waals surface area contributed by atoms with E-state index in [1.165, 1.54) is 7.11 Å². The lowest BCUT2D eigenvalue weighted by molar-refractivity contribution is -0.121. The number of aromatic nitrogens is 2. The molecule has 1 amide bonds. The average molecular weight is 390 g/mol. The molecule has 2 aromatic carbocycles.